The van der Waals surface area contributed by atoms with E-state index in [9.17, 15) is 0 Å². The van der Waals surface area contributed by atoms with Gasteiger partial charge >= 0.3 is 0 Å². The van der Waals surface area contributed by atoms with Crippen LogP contribution in [-0.2, 0) is 0 Å². The molecule has 0 saturated carbocycles. The highest BCUT2D eigenvalue weighted by molar-refractivity contribution is 6.22. The van der Waals surface area contributed by atoms with Crippen LogP contribution >= 0.6 is 0 Å². The lowest BCUT2D eigenvalue weighted by atomic mass is 9.85. The Morgan fingerprint density at radius 2 is 1.00 bits per heavy atom. The Hall–Kier alpha value is -4.87. The van der Waals surface area contributed by atoms with E-state index in [2.05, 4.69) is 89.8 Å². The van der Waals surface area contributed by atoms with E-state index < -0.39 is 0 Å². The van der Waals surface area contributed by atoms with Crippen LogP contribution in [0.25, 0.3) is 70.6 Å². The molecule has 0 aliphatic carbocycles. The van der Waals surface area contributed by atoms with Crippen molar-refractivity contribution < 1.29 is 4.42 Å². The van der Waals surface area contributed by atoms with Gasteiger partial charge in [-0.05, 0) is 68.1 Å². The molecule has 0 bridgehead atoms. The van der Waals surface area contributed by atoms with Gasteiger partial charge in [-0.1, -0.05) is 91.0 Å². The summed E-state index contributed by atoms with van der Waals surface area (Å²) in [4.78, 5) is 3.67. The molecule has 0 radical (unpaired) electrons. The lowest BCUT2D eigenvalue weighted by molar-refractivity contribution is 0.669. The van der Waals surface area contributed by atoms with E-state index in [1.165, 1.54) is 32.7 Å². The number of benzene rings is 6. The summed E-state index contributed by atoms with van der Waals surface area (Å²) in [6.45, 7) is 7.50. The van der Waals surface area contributed by atoms with Crippen LogP contribution in [-0.4, -0.2) is 0 Å². The van der Waals surface area contributed by atoms with Gasteiger partial charge in [0, 0.05) is 10.8 Å². The zero-order chi connectivity index (χ0) is 23.4. The van der Waals surface area contributed by atoms with Gasteiger partial charge < -0.3 is 4.42 Å². The number of hydrogen-bond acceptors (Lipinski definition) is 1. The quantitative estimate of drug-likeness (QED) is 0.191. The third-order valence-corrected chi connectivity index (χ3v) is 6.86. The first-order valence-corrected chi connectivity index (χ1v) is 11.6. The maximum atomic E-state index is 7.50. The SMILES string of the molecule is [C-]#[N+]c1cccc(-c2c3ccccc3c(-c3ccc4oc5ccccc5c4c3)c3ccccc23)c1. The van der Waals surface area contributed by atoms with Crippen molar-refractivity contribution in [1.82, 2.24) is 0 Å². The highest BCUT2D eigenvalue weighted by Gasteiger charge is 2.17. The zero-order valence-electron chi connectivity index (χ0n) is 18.8. The molecule has 0 saturated heterocycles. The van der Waals surface area contributed by atoms with Crippen molar-refractivity contribution in [2.75, 3.05) is 0 Å². The molecule has 0 spiro atoms. The van der Waals surface area contributed by atoms with Crippen LogP contribution in [0.1, 0.15) is 0 Å². The topological polar surface area (TPSA) is 17.5 Å². The molecule has 2 nitrogen and oxygen atoms in total. The summed E-state index contributed by atoms with van der Waals surface area (Å²) in [5, 5.41) is 7.01. The van der Waals surface area contributed by atoms with Crippen LogP contribution in [0.3, 0.4) is 0 Å². The van der Waals surface area contributed by atoms with Gasteiger partial charge in [0.2, 0.25) is 0 Å². The standard InChI is InChI=1S/C33H19NO/c1-34-23-10-8-9-21(19-23)32-25-12-2-4-14-27(25)33(28-15-5-3-13-26(28)32)22-17-18-31-29(20-22)24-11-6-7-16-30(24)35-31/h2-20H. The number of furan rings is 1. The number of fused-ring (bicyclic) bond motifs is 5. The van der Waals surface area contributed by atoms with Crippen LogP contribution in [0, 0.1) is 6.57 Å². The zero-order valence-corrected chi connectivity index (χ0v) is 18.8. The summed E-state index contributed by atoms with van der Waals surface area (Å²) in [5.41, 5.74) is 7.07. The van der Waals surface area contributed by atoms with E-state index in [1.54, 1.807) is 0 Å². The van der Waals surface area contributed by atoms with Crippen molar-refractivity contribution in [2.24, 2.45) is 0 Å². The van der Waals surface area contributed by atoms with Crippen molar-refractivity contribution in [3.63, 3.8) is 0 Å². The monoisotopic (exact) mass is 445 g/mol. The van der Waals surface area contributed by atoms with Crippen LogP contribution < -0.4 is 0 Å². The van der Waals surface area contributed by atoms with Gasteiger partial charge in [0.1, 0.15) is 11.2 Å². The Morgan fingerprint density at radius 1 is 0.457 bits per heavy atom. The van der Waals surface area contributed by atoms with Crippen LogP contribution in [0.15, 0.2) is 120 Å². The fraction of sp³-hybridized carbons (Fsp3) is 0. The van der Waals surface area contributed by atoms with Gasteiger partial charge in [0.15, 0.2) is 5.69 Å². The summed E-state index contributed by atoms with van der Waals surface area (Å²) in [7, 11) is 0. The molecule has 0 aliphatic heterocycles. The van der Waals surface area contributed by atoms with Gasteiger partial charge in [-0.15, -0.1) is 0 Å². The lowest BCUT2D eigenvalue weighted by Crippen LogP contribution is -1.90. The van der Waals surface area contributed by atoms with Gasteiger partial charge in [-0.3, -0.25) is 0 Å². The van der Waals surface area contributed by atoms with E-state index in [1.807, 2.05) is 30.3 Å². The van der Waals surface area contributed by atoms with Crippen LogP contribution in [0.5, 0.6) is 0 Å². The first kappa shape index (κ1) is 19.6. The molecule has 162 valence electrons. The molecule has 0 unspecified atom stereocenters. The second-order valence-electron chi connectivity index (χ2n) is 8.81. The Kier molecular flexibility index (Phi) is 4.24. The highest BCUT2D eigenvalue weighted by Crippen LogP contribution is 2.45. The van der Waals surface area contributed by atoms with Gasteiger partial charge in [0.05, 0.1) is 6.57 Å². The van der Waals surface area contributed by atoms with E-state index in [0.29, 0.717) is 5.69 Å². The van der Waals surface area contributed by atoms with E-state index >= 15 is 0 Å². The summed E-state index contributed by atoms with van der Waals surface area (Å²) >= 11 is 0. The second kappa shape index (κ2) is 7.58. The fourth-order valence-corrected chi connectivity index (χ4v) is 5.36. The van der Waals surface area contributed by atoms with Crippen molar-refractivity contribution in [2.45, 2.75) is 0 Å². The lowest BCUT2D eigenvalue weighted by Gasteiger charge is -2.18. The Balaban J connectivity index is 1.61. The molecule has 1 aromatic heterocycles. The Bertz CT molecular complexity index is 1910. The molecule has 0 atom stereocenters. The fourth-order valence-electron chi connectivity index (χ4n) is 5.36. The molecule has 6 aromatic carbocycles. The molecule has 1 heterocycles. The smallest absolute Gasteiger partial charge is 0.187 e. The predicted octanol–water partition coefficient (Wildman–Crippen LogP) is 9.78. The normalized spacial score (nSPS) is 11.4. The summed E-state index contributed by atoms with van der Waals surface area (Å²) in [5.74, 6) is 0. The van der Waals surface area contributed by atoms with Gasteiger partial charge in [-0.2, -0.15) is 0 Å². The number of para-hydroxylation sites is 1. The molecule has 0 N–H and O–H groups in total. The minimum atomic E-state index is 0.650. The summed E-state index contributed by atoms with van der Waals surface area (Å²) < 4.78 is 6.09. The van der Waals surface area contributed by atoms with Gasteiger partial charge in [0.25, 0.3) is 0 Å². The van der Waals surface area contributed by atoms with Crippen molar-refractivity contribution in [1.29, 1.82) is 0 Å². The van der Waals surface area contributed by atoms with Crippen LogP contribution in [0.4, 0.5) is 5.69 Å². The molecule has 0 amide bonds. The molecule has 0 fully saturated rings. The molecule has 7 aromatic rings. The third-order valence-electron chi connectivity index (χ3n) is 6.86. The van der Waals surface area contributed by atoms with Crippen LogP contribution in [0.2, 0.25) is 0 Å². The number of rotatable bonds is 2. The summed E-state index contributed by atoms with van der Waals surface area (Å²) in [6.07, 6.45) is 0. The second-order valence-corrected chi connectivity index (χ2v) is 8.81. The highest BCUT2D eigenvalue weighted by atomic mass is 16.3. The Morgan fingerprint density at radius 3 is 1.63 bits per heavy atom. The number of nitrogens with zero attached hydrogens (tertiary/aromatic N) is 1. The molecule has 35 heavy (non-hydrogen) atoms. The van der Waals surface area contributed by atoms with Gasteiger partial charge in [-0.25, -0.2) is 4.85 Å². The largest absolute Gasteiger partial charge is 0.456 e. The molecule has 7 rings (SSSR count). The van der Waals surface area contributed by atoms with Crippen molar-refractivity contribution >= 4 is 49.2 Å². The molecule has 2 heteroatoms. The first-order chi connectivity index (χ1) is 17.3. The molecular weight excluding hydrogens is 426 g/mol. The van der Waals surface area contributed by atoms with E-state index in [4.69, 9.17) is 11.0 Å². The third kappa shape index (κ3) is 2.96. The predicted molar refractivity (Wildman–Crippen MR) is 146 cm³/mol. The van der Waals surface area contributed by atoms with Crippen molar-refractivity contribution in [3.05, 3.63) is 127 Å². The van der Waals surface area contributed by atoms with E-state index in [0.717, 1.165) is 33.1 Å². The average molecular weight is 446 g/mol. The minimum Gasteiger partial charge on any atom is -0.456 e. The van der Waals surface area contributed by atoms with E-state index in [-0.39, 0.29) is 0 Å². The first-order valence-electron chi connectivity index (χ1n) is 11.6. The number of hydrogen-bond donors (Lipinski definition) is 0. The maximum Gasteiger partial charge on any atom is 0.187 e. The van der Waals surface area contributed by atoms with Crippen molar-refractivity contribution in [3.8, 4) is 22.3 Å². The molecule has 0 aliphatic rings. The summed E-state index contributed by atoms with van der Waals surface area (Å²) in [6, 6.07) is 39.8. The maximum absolute atomic E-state index is 7.50. The average Bonchev–Trinajstić information content (AvgIpc) is 3.29. The molecular formula is C33H19NO. The minimum absolute atomic E-state index is 0.650. The Labute approximate surface area is 202 Å².